The summed E-state index contributed by atoms with van der Waals surface area (Å²) in [5.74, 6) is -0.135. The summed E-state index contributed by atoms with van der Waals surface area (Å²) in [6, 6.07) is 3.85. The molecule has 0 atom stereocenters. The molecule has 0 unspecified atom stereocenters. The number of hydrogen-bond donors (Lipinski definition) is 2. The summed E-state index contributed by atoms with van der Waals surface area (Å²) < 4.78 is 12.7. The Kier molecular flexibility index (Phi) is 6.12. The van der Waals surface area contributed by atoms with Crippen LogP contribution in [0.1, 0.15) is 36.0 Å². The first-order valence-electron chi connectivity index (χ1n) is 10.1. The Bertz CT molecular complexity index is 1040. The van der Waals surface area contributed by atoms with Crippen molar-refractivity contribution in [1.29, 1.82) is 0 Å². The number of H-pyrrole nitrogens is 1. The number of hydrogen-bond acceptors (Lipinski definition) is 4. The minimum absolute atomic E-state index is 0.113. The van der Waals surface area contributed by atoms with Gasteiger partial charge in [0.1, 0.15) is 0 Å². The maximum Gasteiger partial charge on any atom is 0.253 e. The summed E-state index contributed by atoms with van der Waals surface area (Å²) in [6.45, 7) is 8.62. The Hall–Kier alpha value is -3.15. The number of imidazole rings is 1. The number of carbonyl (C=O) groups excluding carboxylic acids is 1. The fourth-order valence-corrected chi connectivity index (χ4v) is 3.97. The minimum Gasteiger partial charge on any atom is -0.382 e. The van der Waals surface area contributed by atoms with Crippen LogP contribution >= 0.6 is 0 Å². The van der Waals surface area contributed by atoms with Crippen LogP contribution in [-0.4, -0.2) is 52.9 Å². The summed E-state index contributed by atoms with van der Waals surface area (Å²) in [6.07, 6.45) is 10.7. The number of nitrogens with zero attached hydrogens (tertiary/aromatic N) is 3. The first kappa shape index (κ1) is 20.1. The summed E-state index contributed by atoms with van der Waals surface area (Å²) in [5, 5.41) is 3.91. The molecule has 0 aliphatic heterocycles. The van der Waals surface area contributed by atoms with Gasteiger partial charge in [-0.2, -0.15) is 0 Å². The quantitative estimate of drug-likeness (QED) is 0.463. The Balaban J connectivity index is 1.51. The van der Waals surface area contributed by atoms with E-state index in [0.717, 1.165) is 36.8 Å². The van der Waals surface area contributed by atoms with Gasteiger partial charge in [0, 0.05) is 48.3 Å². The van der Waals surface area contributed by atoms with Gasteiger partial charge < -0.3 is 24.3 Å². The highest BCUT2D eigenvalue weighted by Gasteiger charge is 2.24. The van der Waals surface area contributed by atoms with E-state index in [0.29, 0.717) is 30.0 Å². The topological polar surface area (TPSA) is 85.5 Å². The second-order valence-corrected chi connectivity index (χ2v) is 7.48. The van der Waals surface area contributed by atoms with Crippen molar-refractivity contribution in [2.45, 2.75) is 37.8 Å². The third kappa shape index (κ3) is 4.22. The molecular formula is C22H25N5O3. The normalized spacial score (nSPS) is 18.9. The Morgan fingerprint density at radius 1 is 1.33 bits per heavy atom. The monoisotopic (exact) mass is 407 g/mol. The second kappa shape index (κ2) is 9.11. The summed E-state index contributed by atoms with van der Waals surface area (Å²) >= 11 is 0. The zero-order chi connectivity index (χ0) is 20.9. The molecule has 0 bridgehead atoms. The van der Waals surface area contributed by atoms with Crippen LogP contribution in [0.2, 0.25) is 0 Å². The minimum atomic E-state index is -0.135. The molecule has 2 N–H and O–H groups in total. The van der Waals surface area contributed by atoms with Crippen molar-refractivity contribution in [2.24, 2.45) is 0 Å². The van der Waals surface area contributed by atoms with Gasteiger partial charge in [-0.25, -0.2) is 9.83 Å². The van der Waals surface area contributed by atoms with Crippen LogP contribution in [0.25, 0.3) is 21.4 Å². The lowest BCUT2D eigenvalue weighted by molar-refractivity contribution is -0.00408. The molecule has 1 fully saturated rings. The van der Waals surface area contributed by atoms with Crippen LogP contribution in [0.5, 0.6) is 0 Å². The van der Waals surface area contributed by atoms with Gasteiger partial charge in [-0.05, 0) is 37.8 Å². The molecule has 8 heteroatoms. The maximum atomic E-state index is 13.2. The van der Waals surface area contributed by atoms with E-state index in [1.165, 1.54) is 0 Å². The number of ether oxygens (including phenoxy) is 2. The molecule has 0 radical (unpaired) electrons. The van der Waals surface area contributed by atoms with E-state index in [2.05, 4.69) is 20.1 Å². The van der Waals surface area contributed by atoms with Crippen LogP contribution in [0.4, 0.5) is 5.69 Å². The lowest BCUT2D eigenvalue weighted by atomic mass is 9.92. The number of methoxy groups -OCH3 is 1. The maximum absolute atomic E-state index is 13.2. The van der Waals surface area contributed by atoms with Crippen LogP contribution in [0.15, 0.2) is 37.1 Å². The van der Waals surface area contributed by atoms with Crippen molar-refractivity contribution in [1.82, 2.24) is 19.9 Å². The molecule has 0 saturated heterocycles. The van der Waals surface area contributed by atoms with Crippen LogP contribution < -0.4 is 5.32 Å². The fourth-order valence-electron chi connectivity index (χ4n) is 3.97. The zero-order valence-electron chi connectivity index (χ0n) is 16.9. The SMILES string of the molecule is [C-]#[N+]c1c[nH]c2c(C(=O)NC3CCC(OCCOC)CC3)cc(-n3ccnc3)cc12. The number of fused-ring (bicyclic) bond motifs is 1. The molecule has 0 spiro atoms. The molecule has 1 aliphatic rings. The van der Waals surface area contributed by atoms with Crippen molar-refractivity contribution in [3.05, 3.63) is 54.0 Å². The molecule has 8 nitrogen and oxygen atoms in total. The number of aromatic amines is 1. The van der Waals surface area contributed by atoms with E-state index < -0.39 is 0 Å². The van der Waals surface area contributed by atoms with Gasteiger partial charge in [0.05, 0.1) is 37.8 Å². The van der Waals surface area contributed by atoms with Crippen molar-refractivity contribution in [2.75, 3.05) is 20.3 Å². The molecule has 4 rings (SSSR count). The van der Waals surface area contributed by atoms with Gasteiger partial charge >= 0.3 is 0 Å². The lowest BCUT2D eigenvalue weighted by Crippen LogP contribution is -2.39. The highest BCUT2D eigenvalue weighted by atomic mass is 16.5. The average Bonchev–Trinajstić information content (AvgIpc) is 3.44. The number of rotatable bonds is 7. The van der Waals surface area contributed by atoms with E-state index >= 15 is 0 Å². The van der Waals surface area contributed by atoms with Gasteiger partial charge in [0.2, 0.25) is 5.69 Å². The largest absolute Gasteiger partial charge is 0.382 e. The number of nitrogens with one attached hydrogen (secondary N) is 2. The molecular weight excluding hydrogens is 382 g/mol. The third-order valence-electron chi connectivity index (χ3n) is 5.57. The molecule has 1 amide bonds. The molecule has 156 valence electrons. The first-order chi connectivity index (χ1) is 14.7. The number of carbonyl (C=O) groups is 1. The molecule has 2 heterocycles. The second-order valence-electron chi connectivity index (χ2n) is 7.48. The highest BCUT2D eigenvalue weighted by molar-refractivity contribution is 6.10. The molecule has 30 heavy (non-hydrogen) atoms. The number of aromatic nitrogens is 3. The predicted molar refractivity (Wildman–Crippen MR) is 113 cm³/mol. The van der Waals surface area contributed by atoms with Crippen molar-refractivity contribution in [3.8, 4) is 5.69 Å². The van der Waals surface area contributed by atoms with Crippen LogP contribution in [-0.2, 0) is 9.47 Å². The predicted octanol–water partition coefficient (Wildman–Crippen LogP) is 3.61. The highest BCUT2D eigenvalue weighted by Crippen LogP contribution is 2.31. The fraction of sp³-hybridized carbons (Fsp3) is 0.409. The molecule has 2 aromatic heterocycles. The van der Waals surface area contributed by atoms with E-state index in [4.69, 9.17) is 16.0 Å². The van der Waals surface area contributed by atoms with Crippen molar-refractivity contribution >= 4 is 22.5 Å². The van der Waals surface area contributed by atoms with E-state index in [1.807, 2.05) is 22.9 Å². The Labute approximate surface area is 175 Å². The smallest absolute Gasteiger partial charge is 0.253 e. The first-order valence-corrected chi connectivity index (χ1v) is 10.1. The van der Waals surface area contributed by atoms with E-state index in [-0.39, 0.29) is 18.1 Å². The van der Waals surface area contributed by atoms with Gasteiger partial charge in [0.15, 0.2) is 0 Å². The van der Waals surface area contributed by atoms with Gasteiger partial charge in [-0.15, -0.1) is 0 Å². The molecule has 1 aromatic carbocycles. The molecule has 1 aliphatic carbocycles. The Morgan fingerprint density at radius 3 is 2.87 bits per heavy atom. The van der Waals surface area contributed by atoms with Crippen molar-refractivity contribution < 1.29 is 14.3 Å². The van der Waals surface area contributed by atoms with Gasteiger partial charge in [-0.3, -0.25) is 4.79 Å². The van der Waals surface area contributed by atoms with E-state index in [9.17, 15) is 4.79 Å². The van der Waals surface area contributed by atoms with Gasteiger partial charge in [0.25, 0.3) is 5.91 Å². The van der Waals surface area contributed by atoms with Crippen LogP contribution in [0, 0.1) is 6.57 Å². The molecule has 3 aromatic rings. The zero-order valence-corrected chi connectivity index (χ0v) is 16.9. The summed E-state index contributed by atoms with van der Waals surface area (Å²) in [7, 11) is 1.67. The van der Waals surface area contributed by atoms with E-state index in [1.54, 1.807) is 25.8 Å². The Morgan fingerprint density at radius 2 is 2.17 bits per heavy atom. The summed E-state index contributed by atoms with van der Waals surface area (Å²) in [5.41, 5.74) is 2.50. The lowest BCUT2D eigenvalue weighted by Gasteiger charge is -2.29. The number of benzene rings is 1. The van der Waals surface area contributed by atoms with Crippen molar-refractivity contribution in [3.63, 3.8) is 0 Å². The van der Waals surface area contributed by atoms with Gasteiger partial charge in [-0.1, -0.05) is 0 Å². The standard InChI is InChI=1S/C22H25N5O3/c1-23-20-13-25-21-18(20)11-16(27-8-7-24-14-27)12-19(21)22(28)26-15-3-5-17(6-4-15)30-10-9-29-2/h7-8,11-15,17,25H,3-6,9-10H2,2H3,(H,26,28). The van der Waals surface area contributed by atoms with Crippen LogP contribution in [0.3, 0.4) is 0 Å². The molecule has 1 saturated carbocycles. The average molecular weight is 407 g/mol. The number of amides is 1. The third-order valence-corrected chi connectivity index (χ3v) is 5.57. The summed E-state index contributed by atoms with van der Waals surface area (Å²) in [4.78, 5) is 23.9.